The molecule has 0 aliphatic carbocycles. The second-order valence-electron chi connectivity index (χ2n) is 6.07. The van der Waals surface area contributed by atoms with Crippen molar-refractivity contribution in [1.82, 2.24) is 11.0 Å². The molecule has 0 heterocycles. The third kappa shape index (κ3) is 6.48. The molecule has 0 radical (unpaired) electrons. The van der Waals surface area contributed by atoms with E-state index in [0.717, 1.165) is 0 Å². The van der Waals surface area contributed by atoms with Crippen LogP contribution >= 0.6 is 0 Å². The van der Waals surface area contributed by atoms with Crippen LogP contribution in [0.25, 0.3) is 0 Å². The summed E-state index contributed by atoms with van der Waals surface area (Å²) < 4.78 is 10.6. The Hall–Kier alpha value is -3.10. The van der Waals surface area contributed by atoms with Crippen LogP contribution in [-0.2, 0) is 6.35 Å². The van der Waals surface area contributed by atoms with Crippen LogP contribution in [0, 0.1) is 20.2 Å². The molecule has 0 atom stereocenters. The summed E-state index contributed by atoms with van der Waals surface area (Å²) in [5.41, 5.74) is 4.39. The zero-order valence-electron chi connectivity index (χ0n) is 15.3. The van der Waals surface area contributed by atoms with Crippen LogP contribution in [0.5, 0.6) is 0 Å². The first-order chi connectivity index (χ1) is 13.6. The number of hydrogen-bond acceptors (Lipinski definition) is 8. The molecule has 0 aliphatic rings. The fraction of sp³-hybridized carbons (Fsp3) is 0.125. The number of nitro benzene ring substituents is 2. The van der Waals surface area contributed by atoms with Crippen molar-refractivity contribution in [3.8, 4) is 0 Å². The second kappa shape index (κ2) is 9.40. The average Bonchev–Trinajstić information content (AvgIpc) is 2.70. The van der Waals surface area contributed by atoms with Crippen molar-refractivity contribution >= 4 is 42.4 Å². The molecule has 0 unspecified atom stereocenters. The number of nitrogens with one attached hydrogen (secondary N) is 2. The number of non-ortho nitro benzene ring substituents is 2. The van der Waals surface area contributed by atoms with Gasteiger partial charge in [0, 0.05) is 0 Å². The molecule has 29 heavy (non-hydrogen) atoms. The van der Waals surface area contributed by atoms with Gasteiger partial charge in [-0.1, -0.05) is 0 Å². The van der Waals surface area contributed by atoms with Gasteiger partial charge in [0.1, 0.15) is 0 Å². The van der Waals surface area contributed by atoms with Crippen molar-refractivity contribution in [2.24, 2.45) is 0 Å². The topological polar surface area (TPSA) is 163 Å². The van der Waals surface area contributed by atoms with Crippen LogP contribution in [0.15, 0.2) is 48.5 Å². The molecule has 0 saturated carbocycles. The minimum atomic E-state index is -3.83. The summed E-state index contributed by atoms with van der Waals surface area (Å²) in [6.45, 7) is 0. The number of benzene rings is 2. The van der Waals surface area contributed by atoms with E-state index in [-0.39, 0.29) is 22.5 Å². The van der Waals surface area contributed by atoms with Crippen LogP contribution in [0.4, 0.5) is 11.4 Å². The SMILES string of the molecule is [CH3][Sn]([CH3])([O]NC(=O)c1ccc([N+](=O)[O-])cc1)[O]NC(=O)c1ccc([N+](=O)[O-])cc1. The van der Waals surface area contributed by atoms with Crippen molar-refractivity contribution in [1.29, 1.82) is 0 Å². The Morgan fingerprint density at radius 1 is 0.759 bits per heavy atom. The Kier molecular flexibility index (Phi) is 7.19. The number of hydroxylamine groups is 2. The summed E-state index contributed by atoms with van der Waals surface area (Å²) >= 11 is -3.83. The van der Waals surface area contributed by atoms with E-state index in [1.807, 2.05) is 0 Å². The van der Waals surface area contributed by atoms with Crippen molar-refractivity contribution in [3.63, 3.8) is 0 Å². The van der Waals surface area contributed by atoms with Crippen molar-refractivity contribution in [3.05, 3.63) is 79.9 Å². The molecule has 0 saturated heterocycles. The molecule has 0 bridgehead atoms. The van der Waals surface area contributed by atoms with E-state index in [1.165, 1.54) is 48.5 Å². The zero-order chi connectivity index (χ0) is 21.6. The number of carbonyl (C=O) groups is 2. The zero-order valence-corrected chi connectivity index (χ0v) is 18.1. The summed E-state index contributed by atoms with van der Waals surface area (Å²) in [7, 11) is 0. The number of rotatable bonds is 8. The maximum atomic E-state index is 12.0. The molecule has 2 N–H and O–H groups in total. The van der Waals surface area contributed by atoms with Gasteiger partial charge in [-0.3, -0.25) is 0 Å². The van der Waals surface area contributed by atoms with E-state index >= 15 is 0 Å². The first-order valence-electron chi connectivity index (χ1n) is 8.04. The molecule has 0 fully saturated rings. The van der Waals surface area contributed by atoms with E-state index in [9.17, 15) is 29.8 Å². The normalized spacial score (nSPS) is 10.8. The fourth-order valence-corrected chi connectivity index (χ4v) is 4.00. The van der Waals surface area contributed by atoms with Crippen molar-refractivity contribution in [2.75, 3.05) is 0 Å². The van der Waals surface area contributed by atoms with Gasteiger partial charge < -0.3 is 0 Å². The third-order valence-electron chi connectivity index (χ3n) is 3.46. The molecule has 0 aliphatic heterocycles. The Morgan fingerprint density at radius 3 is 1.34 bits per heavy atom. The predicted molar refractivity (Wildman–Crippen MR) is 101 cm³/mol. The van der Waals surface area contributed by atoms with E-state index in [2.05, 4.69) is 11.0 Å². The van der Waals surface area contributed by atoms with Gasteiger partial charge in [-0.05, 0) is 0 Å². The van der Waals surface area contributed by atoms with Gasteiger partial charge in [0.15, 0.2) is 0 Å². The van der Waals surface area contributed by atoms with E-state index in [1.54, 1.807) is 9.88 Å². The molecule has 2 amide bonds. The van der Waals surface area contributed by atoms with E-state index in [4.69, 9.17) is 6.35 Å². The molecule has 12 nitrogen and oxygen atoms in total. The number of nitro groups is 2. The number of carbonyl (C=O) groups excluding carboxylic acids is 2. The summed E-state index contributed by atoms with van der Waals surface area (Å²) in [6.07, 6.45) is 0. The molecule has 0 spiro atoms. The maximum absolute atomic E-state index is 12.0. The molecule has 0 aromatic heterocycles. The van der Waals surface area contributed by atoms with Crippen LogP contribution < -0.4 is 11.0 Å². The van der Waals surface area contributed by atoms with Crippen LogP contribution in [0.2, 0.25) is 9.88 Å². The van der Waals surface area contributed by atoms with Gasteiger partial charge in [-0.25, -0.2) is 0 Å². The van der Waals surface area contributed by atoms with Gasteiger partial charge in [-0.15, -0.1) is 0 Å². The molecule has 2 rings (SSSR count). The summed E-state index contributed by atoms with van der Waals surface area (Å²) in [5, 5.41) is 21.2. The van der Waals surface area contributed by atoms with Crippen molar-refractivity contribution in [2.45, 2.75) is 9.88 Å². The summed E-state index contributed by atoms with van der Waals surface area (Å²) in [4.78, 5) is 47.4. The number of nitrogens with zero attached hydrogens (tertiary/aromatic N) is 2. The van der Waals surface area contributed by atoms with Crippen LogP contribution in [0.3, 0.4) is 0 Å². The molecular formula is C16H16N4O8Sn. The van der Waals surface area contributed by atoms with E-state index in [0.29, 0.717) is 0 Å². The van der Waals surface area contributed by atoms with Crippen LogP contribution in [0.1, 0.15) is 20.7 Å². The summed E-state index contributed by atoms with van der Waals surface area (Å²) in [5.74, 6) is -1.26. The molecule has 13 heteroatoms. The Bertz CT molecular complexity index is 855. The third-order valence-corrected chi connectivity index (χ3v) is 6.85. The number of amides is 2. The summed E-state index contributed by atoms with van der Waals surface area (Å²) in [6, 6.07) is 9.84. The number of hydrogen-bond donors (Lipinski definition) is 2. The Morgan fingerprint density at radius 2 is 1.07 bits per heavy atom. The Balaban J connectivity index is 1.87. The Labute approximate surface area is 169 Å². The minimum absolute atomic E-state index is 0.146. The molecule has 2 aromatic rings. The van der Waals surface area contributed by atoms with Gasteiger partial charge in [-0.2, -0.15) is 0 Å². The van der Waals surface area contributed by atoms with Crippen LogP contribution in [-0.4, -0.2) is 40.9 Å². The van der Waals surface area contributed by atoms with Crippen molar-refractivity contribution < 1.29 is 25.8 Å². The first kappa shape index (κ1) is 22.2. The van der Waals surface area contributed by atoms with Gasteiger partial charge in [0.2, 0.25) is 0 Å². The second-order valence-corrected chi connectivity index (χ2v) is 15.2. The monoisotopic (exact) mass is 512 g/mol. The quantitative estimate of drug-likeness (QED) is 0.310. The van der Waals surface area contributed by atoms with Gasteiger partial charge >= 0.3 is 169 Å². The van der Waals surface area contributed by atoms with E-state index < -0.39 is 40.9 Å². The van der Waals surface area contributed by atoms with Gasteiger partial charge in [0.05, 0.1) is 0 Å². The molecule has 2 aromatic carbocycles. The first-order valence-corrected chi connectivity index (χ1v) is 16.1. The van der Waals surface area contributed by atoms with Gasteiger partial charge in [0.25, 0.3) is 0 Å². The predicted octanol–water partition coefficient (Wildman–Crippen LogP) is 2.23. The fourth-order valence-electron chi connectivity index (χ4n) is 1.95. The molecular weight excluding hydrogens is 495 g/mol. The average molecular weight is 511 g/mol. The molecule has 152 valence electrons. The standard InChI is InChI=1S/2C7H5N2O4.2CH3.Sn/c2*10-7(8-11)5-1-3-6(4-2-5)9(12)13;;;/h2*1-4H,(H-,8,10,11);2*1H3;/q2*-1;;;+2.